The second-order valence-corrected chi connectivity index (χ2v) is 6.22. The summed E-state index contributed by atoms with van der Waals surface area (Å²) in [6.07, 6.45) is 8.31. The third-order valence-electron chi connectivity index (χ3n) is 5.68. The number of fused-ring (bicyclic) bond motifs is 3. The van der Waals surface area contributed by atoms with Crippen LogP contribution in [0.25, 0.3) is 0 Å². The normalized spacial score (nSPS) is 51.1. The highest BCUT2D eigenvalue weighted by Gasteiger charge is 2.57. The molecule has 0 heterocycles. The van der Waals surface area contributed by atoms with Crippen LogP contribution in [-0.4, -0.2) is 11.9 Å². The molecule has 3 rings (SSSR count). The Morgan fingerprint density at radius 2 is 2.06 bits per heavy atom. The van der Waals surface area contributed by atoms with Crippen molar-refractivity contribution in [2.45, 2.75) is 51.0 Å². The fourth-order valence-corrected chi connectivity index (χ4v) is 4.86. The van der Waals surface area contributed by atoms with Crippen molar-refractivity contribution in [1.82, 2.24) is 0 Å². The number of rotatable bonds is 1. The van der Waals surface area contributed by atoms with Gasteiger partial charge >= 0.3 is 0 Å². The summed E-state index contributed by atoms with van der Waals surface area (Å²) in [5, 5.41) is 0. The molecule has 1 spiro atoms. The first kappa shape index (κ1) is 10.6. The number of carbonyl (C=O) groups is 1. The first-order valence-electron chi connectivity index (χ1n) is 6.68. The Labute approximate surface area is 96.9 Å². The predicted molar refractivity (Wildman–Crippen MR) is 62.4 cm³/mol. The Hall–Kier alpha value is -0.570. The van der Waals surface area contributed by atoms with Crippen LogP contribution in [0.3, 0.4) is 0 Å². The molecule has 4 N–H and O–H groups in total. The summed E-state index contributed by atoms with van der Waals surface area (Å²) in [5.41, 5.74) is 12.2. The summed E-state index contributed by atoms with van der Waals surface area (Å²) < 4.78 is 0. The van der Waals surface area contributed by atoms with E-state index in [4.69, 9.17) is 11.5 Å². The van der Waals surface area contributed by atoms with E-state index in [1.807, 2.05) is 0 Å². The minimum Gasteiger partial charge on any atom is -0.369 e. The molecule has 3 saturated carbocycles. The fourth-order valence-electron chi connectivity index (χ4n) is 4.86. The molecule has 0 aromatic carbocycles. The lowest BCUT2D eigenvalue weighted by molar-refractivity contribution is -0.125. The number of hydrogen-bond acceptors (Lipinski definition) is 2. The molecular weight excluding hydrogens is 200 g/mol. The number of nitrogens with two attached hydrogens (primary N) is 2. The molecule has 16 heavy (non-hydrogen) atoms. The minimum atomic E-state index is -0.103. The molecule has 0 unspecified atom stereocenters. The van der Waals surface area contributed by atoms with E-state index < -0.39 is 0 Å². The van der Waals surface area contributed by atoms with Crippen LogP contribution in [0, 0.1) is 23.2 Å². The monoisotopic (exact) mass is 222 g/mol. The molecule has 3 heteroatoms. The largest absolute Gasteiger partial charge is 0.369 e. The second-order valence-electron chi connectivity index (χ2n) is 6.22. The topological polar surface area (TPSA) is 69.1 Å². The first-order chi connectivity index (χ1) is 7.63. The maximum atomic E-state index is 11.4. The molecule has 0 aromatic heterocycles. The third-order valence-corrected chi connectivity index (χ3v) is 5.68. The molecule has 3 nitrogen and oxygen atoms in total. The maximum Gasteiger partial charge on any atom is 0.220 e. The minimum absolute atomic E-state index is 0.0964. The van der Waals surface area contributed by atoms with Crippen LogP contribution in [0.15, 0.2) is 0 Å². The van der Waals surface area contributed by atoms with Gasteiger partial charge in [0.2, 0.25) is 5.91 Å². The summed E-state index contributed by atoms with van der Waals surface area (Å²) in [6.45, 7) is 0. The molecule has 1 amide bonds. The zero-order valence-electron chi connectivity index (χ0n) is 9.82. The highest BCUT2D eigenvalue weighted by atomic mass is 16.1. The predicted octanol–water partition coefficient (Wildman–Crippen LogP) is 1.41. The van der Waals surface area contributed by atoms with Crippen LogP contribution in [0.4, 0.5) is 0 Å². The SMILES string of the molecule is NC(=O)[C@@H]1CCC[C@]2(C1)[C@@H]1CC[C@@H](C1)[C@@H]2N. The quantitative estimate of drug-likeness (QED) is 0.704. The van der Waals surface area contributed by atoms with E-state index >= 15 is 0 Å². The summed E-state index contributed by atoms with van der Waals surface area (Å²) >= 11 is 0. The van der Waals surface area contributed by atoms with Crippen molar-refractivity contribution < 1.29 is 4.79 Å². The molecule has 3 aliphatic rings. The van der Waals surface area contributed by atoms with Crippen molar-refractivity contribution >= 4 is 5.91 Å². The van der Waals surface area contributed by atoms with E-state index in [2.05, 4.69) is 0 Å². The lowest BCUT2D eigenvalue weighted by Gasteiger charge is -2.47. The Morgan fingerprint density at radius 3 is 2.69 bits per heavy atom. The molecule has 2 bridgehead atoms. The summed E-state index contributed by atoms with van der Waals surface area (Å²) in [4.78, 5) is 11.4. The number of primary amides is 1. The van der Waals surface area contributed by atoms with E-state index in [0.29, 0.717) is 6.04 Å². The summed E-state index contributed by atoms with van der Waals surface area (Å²) in [7, 11) is 0. The van der Waals surface area contributed by atoms with Crippen LogP contribution >= 0.6 is 0 Å². The Bertz CT molecular complexity index is 313. The Morgan fingerprint density at radius 1 is 1.25 bits per heavy atom. The van der Waals surface area contributed by atoms with E-state index in [1.165, 1.54) is 25.7 Å². The van der Waals surface area contributed by atoms with Gasteiger partial charge in [-0.3, -0.25) is 4.79 Å². The molecule has 0 saturated heterocycles. The zero-order valence-corrected chi connectivity index (χ0v) is 9.82. The van der Waals surface area contributed by atoms with Crippen molar-refractivity contribution in [3.63, 3.8) is 0 Å². The average Bonchev–Trinajstić information content (AvgIpc) is 2.84. The van der Waals surface area contributed by atoms with Crippen molar-refractivity contribution in [2.24, 2.45) is 34.6 Å². The van der Waals surface area contributed by atoms with Gasteiger partial charge in [-0.25, -0.2) is 0 Å². The molecule has 0 radical (unpaired) electrons. The molecule has 0 aliphatic heterocycles. The lowest BCUT2D eigenvalue weighted by Crippen LogP contribution is -2.50. The van der Waals surface area contributed by atoms with Crippen LogP contribution in [0.2, 0.25) is 0 Å². The van der Waals surface area contributed by atoms with Gasteiger partial charge in [0.1, 0.15) is 0 Å². The number of amides is 1. The Balaban J connectivity index is 1.85. The molecule has 90 valence electrons. The van der Waals surface area contributed by atoms with E-state index in [9.17, 15) is 4.79 Å². The van der Waals surface area contributed by atoms with Crippen LogP contribution in [-0.2, 0) is 4.79 Å². The summed E-state index contributed by atoms with van der Waals surface area (Å²) in [6, 6.07) is 0.341. The Kier molecular flexibility index (Phi) is 2.29. The fraction of sp³-hybridized carbons (Fsp3) is 0.923. The zero-order chi connectivity index (χ0) is 11.3. The standard InChI is InChI=1S/C13H22N2O/c14-11-8-3-4-10(6-8)13(11)5-1-2-9(7-13)12(15)16/h8-11H,1-7,14H2,(H2,15,16)/t8-,9+,10+,11-,13-/m0/s1. The summed E-state index contributed by atoms with van der Waals surface area (Å²) in [5.74, 6) is 1.51. The van der Waals surface area contributed by atoms with Crippen LogP contribution < -0.4 is 11.5 Å². The highest BCUT2D eigenvalue weighted by molar-refractivity contribution is 5.76. The van der Waals surface area contributed by atoms with Crippen LogP contribution in [0.5, 0.6) is 0 Å². The van der Waals surface area contributed by atoms with Gasteiger partial charge in [0.25, 0.3) is 0 Å². The first-order valence-corrected chi connectivity index (χ1v) is 6.68. The van der Waals surface area contributed by atoms with Gasteiger partial charge in [-0.1, -0.05) is 6.42 Å². The smallest absolute Gasteiger partial charge is 0.220 e. The van der Waals surface area contributed by atoms with Gasteiger partial charge in [-0.2, -0.15) is 0 Å². The molecular formula is C13H22N2O. The van der Waals surface area contributed by atoms with Crippen molar-refractivity contribution in [2.75, 3.05) is 0 Å². The molecule has 3 fully saturated rings. The van der Waals surface area contributed by atoms with E-state index in [1.54, 1.807) is 0 Å². The molecule has 3 aliphatic carbocycles. The molecule has 5 atom stereocenters. The van der Waals surface area contributed by atoms with Crippen molar-refractivity contribution in [1.29, 1.82) is 0 Å². The lowest BCUT2D eigenvalue weighted by atomic mass is 9.59. The third kappa shape index (κ3) is 1.27. The van der Waals surface area contributed by atoms with Gasteiger partial charge in [0, 0.05) is 12.0 Å². The van der Waals surface area contributed by atoms with Gasteiger partial charge in [-0.15, -0.1) is 0 Å². The van der Waals surface area contributed by atoms with E-state index in [-0.39, 0.29) is 17.2 Å². The second kappa shape index (κ2) is 3.46. The average molecular weight is 222 g/mol. The van der Waals surface area contributed by atoms with Gasteiger partial charge in [-0.05, 0) is 55.8 Å². The van der Waals surface area contributed by atoms with Crippen molar-refractivity contribution in [3.8, 4) is 0 Å². The van der Waals surface area contributed by atoms with Gasteiger partial charge < -0.3 is 11.5 Å². The van der Waals surface area contributed by atoms with Gasteiger partial charge in [0.15, 0.2) is 0 Å². The van der Waals surface area contributed by atoms with E-state index in [0.717, 1.165) is 31.1 Å². The number of hydrogen-bond donors (Lipinski definition) is 2. The van der Waals surface area contributed by atoms with Gasteiger partial charge in [0.05, 0.1) is 0 Å². The molecule has 0 aromatic rings. The highest BCUT2D eigenvalue weighted by Crippen LogP contribution is 2.61. The van der Waals surface area contributed by atoms with Crippen LogP contribution in [0.1, 0.15) is 44.9 Å². The number of carbonyl (C=O) groups excluding carboxylic acids is 1. The maximum absolute atomic E-state index is 11.4. The van der Waals surface area contributed by atoms with Crippen molar-refractivity contribution in [3.05, 3.63) is 0 Å².